The van der Waals surface area contributed by atoms with E-state index in [0.29, 0.717) is 0 Å². The molecule has 0 amide bonds. The summed E-state index contributed by atoms with van der Waals surface area (Å²) in [5.41, 5.74) is 2.81. The molecule has 0 aliphatic carbocycles. The van der Waals surface area contributed by atoms with Gasteiger partial charge in [-0.3, -0.25) is 0 Å². The van der Waals surface area contributed by atoms with Crippen LogP contribution in [0.25, 0.3) is 21.4 Å². The second kappa shape index (κ2) is 5.24. The Morgan fingerprint density at radius 1 is 1.30 bits per heavy atom. The quantitative estimate of drug-likeness (QED) is 0.707. The van der Waals surface area contributed by atoms with Crippen LogP contribution in [0.3, 0.4) is 0 Å². The predicted molar refractivity (Wildman–Crippen MR) is 84.6 cm³/mol. The Morgan fingerprint density at radius 2 is 2.15 bits per heavy atom. The summed E-state index contributed by atoms with van der Waals surface area (Å²) in [5.74, 6) is 0.803. The van der Waals surface area contributed by atoms with Crippen molar-refractivity contribution >= 4 is 43.7 Å². The lowest BCUT2D eigenvalue weighted by Gasteiger charge is -2.01. The van der Waals surface area contributed by atoms with E-state index in [2.05, 4.69) is 32.5 Å². The lowest BCUT2D eigenvalue weighted by Crippen LogP contribution is -1.99. The molecule has 0 spiro atoms. The minimum atomic E-state index is 0.803. The average molecular weight is 290 g/mol. The molecule has 6 nitrogen and oxygen atoms in total. The van der Waals surface area contributed by atoms with Crippen molar-refractivity contribution in [3.63, 3.8) is 0 Å². The first-order valence-electron chi connectivity index (χ1n) is 6.77. The molecule has 7 heteroatoms. The van der Waals surface area contributed by atoms with Gasteiger partial charge < -0.3 is 15.2 Å². The fraction of sp³-hybridized carbons (Fsp3) is 0.462. The molecule has 0 atom stereocenters. The fourth-order valence-electron chi connectivity index (χ4n) is 2.20. The van der Waals surface area contributed by atoms with Crippen molar-refractivity contribution in [2.75, 3.05) is 24.2 Å². The highest BCUT2D eigenvalue weighted by Crippen LogP contribution is 2.32. The van der Waals surface area contributed by atoms with Gasteiger partial charge >= 0.3 is 0 Å². The Balaban J connectivity index is 2.12. The molecule has 0 fully saturated rings. The molecule has 0 bridgehead atoms. The summed E-state index contributed by atoms with van der Waals surface area (Å²) in [6, 6.07) is 0. The van der Waals surface area contributed by atoms with Crippen LogP contribution < -0.4 is 10.6 Å². The van der Waals surface area contributed by atoms with E-state index in [1.807, 2.05) is 18.7 Å². The number of fused-ring (bicyclic) bond motifs is 3. The molecule has 3 aromatic rings. The second-order valence-electron chi connectivity index (χ2n) is 4.72. The van der Waals surface area contributed by atoms with Crippen molar-refractivity contribution in [3.05, 3.63) is 6.33 Å². The van der Waals surface area contributed by atoms with Crippen LogP contribution >= 0.6 is 11.3 Å². The van der Waals surface area contributed by atoms with Gasteiger partial charge in [0, 0.05) is 20.6 Å². The van der Waals surface area contributed by atoms with Crippen molar-refractivity contribution < 1.29 is 0 Å². The Morgan fingerprint density at radius 3 is 2.90 bits per heavy atom. The maximum Gasteiger partial charge on any atom is 0.185 e. The summed E-state index contributed by atoms with van der Waals surface area (Å²) < 4.78 is 2.00. The molecule has 3 aromatic heterocycles. The zero-order chi connectivity index (χ0) is 14.1. The summed E-state index contributed by atoms with van der Waals surface area (Å²) in [5, 5.41) is 7.40. The first-order chi connectivity index (χ1) is 9.74. The molecule has 0 saturated heterocycles. The lowest BCUT2D eigenvalue weighted by atomic mass is 10.3. The van der Waals surface area contributed by atoms with Gasteiger partial charge in [-0.2, -0.15) is 0 Å². The molecule has 20 heavy (non-hydrogen) atoms. The van der Waals surface area contributed by atoms with Crippen molar-refractivity contribution in [1.82, 2.24) is 19.5 Å². The maximum absolute atomic E-state index is 4.68. The molecule has 0 radical (unpaired) electrons. The third-order valence-corrected chi connectivity index (χ3v) is 4.16. The molecule has 0 aromatic carbocycles. The van der Waals surface area contributed by atoms with E-state index in [9.17, 15) is 0 Å². The molecule has 0 aliphatic rings. The smallest absolute Gasteiger partial charge is 0.185 e. The minimum Gasteiger partial charge on any atom is -0.371 e. The van der Waals surface area contributed by atoms with Gasteiger partial charge in [-0.1, -0.05) is 24.7 Å². The monoisotopic (exact) mass is 290 g/mol. The van der Waals surface area contributed by atoms with Gasteiger partial charge in [0.2, 0.25) is 0 Å². The van der Waals surface area contributed by atoms with Crippen LogP contribution in [0.5, 0.6) is 0 Å². The summed E-state index contributed by atoms with van der Waals surface area (Å²) in [6.07, 6.45) is 4.12. The van der Waals surface area contributed by atoms with Crippen LogP contribution in [-0.2, 0) is 7.05 Å². The molecule has 0 aliphatic heterocycles. The van der Waals surface area contributed by atoms with Crippen molar-refractivity contribution in [1.29, 1.82) is 0 Å². The van der Waals surface area contributed by atoms with E-state index in [4.69, 9.17) is 0 Å². The molecular formula is C13H18N6S. The van der Waals surface area contributed by atoms with Crippen LogP contribution in [0.2, 0.25) is 0 Å². The first-order valence-corrected chi connectivity index (χ1v) is 7.59. The highest BCUT2D eigenvalue weighted by molar-refractivity contribution is 7.21. The molecule has 0 unspecified atom stereocenters. The van der Waals surface area contributed by atoms with Gasteiger partial charge in [0.15, 0.2) is 10.9 Å². The molecular weight excluding hydrogens is 272 g/mol. The summed E-state index contributed by atoms with van der Waals surface area (Å²) >= 11 is 1.59. The number of anilines is 2. The topological polar surface area (TPSA) is 67.7 Å². The number of nitrogens with zero attached hydrogens (tertiary/aromatic N) is 4. The van der Waals surface area contributed by atoms with Crippen LogP contribution in [0.15, 0.2) is 6.33 Å². The number of pyridine rings is 1. The minimum absolute atomic E-state index is 0.803. The largest absolute Gasteiger partial charge is 0.371 e. The van der Waals surface area contributed by atoms with E-state index in [1.165, 1.54) is 6.42 Å². The van der Waals surface area contributed by atoms with Gasteiger partial charge in [0.1, 0.15) is 21.4 Å². The summed E-state index contributed by atoms with van der Waals surface area (Å²) in [6.45, 7) is 3.13. The van der Waals surface area contributed by atoms with Crippen LogP contribution in [0.1, 0.15) is 19.8 Å². The van der Waals surface area contributed by atoms with Gasteiger partial charge in [-0.05, 0) is 6.42 Å². The van der Waals surface area contributed by atoms with Crippen molar-refractivity contribution in [3.8, 4) is 0 Å². The molecule has 0 saturated carbocycles. The SMILES string of the molecule is CCCCNc1nc2c(nc(NC)c3ncn(C)c32)s1. The Labute approximate surface area is 121 Å². The van der Waals surface area contributed by atoms with E-state index < -0.39 is 0 Å². The molecule has 2 N–H and O–H groups in total. The number of rotatable bonds is 5. The Bertz CT molecular complexity index is 744. The molecule has 106 valence electrons. The van der Waals surface area contributed by atoms with Gasteiger partial charge in [-0.25, -0.2) is 15.0 Å². The van der Waals surface area contributed by atoms with E-state index in [0.717, 1.165) is 45.3 Å². The highest BCUT2D eigenvalue weighted by atomic mass is 32.1. The summed E-state index contributed by atoms with van der Waals surface area (Å²) in [7, 11) is 3.85. The predicted octanol–water partition coefficient (Wildman–Crippen LogP) is 2.83. The van der Waals surface area contributed by atoms with Crippen LogP contribution in [0.4, 0.5) is 10.9 Å². The average Bonchev–Trinajstić information content (AvgIpc) is 3.01. The number of nitrogens with one attached hydrogen (secondary N) is 2. The van der Waals surface area contributed by atoms with E-state index in [1.54, 1.807) is 17.7 Å². The van der Waals surface area contributed by atoms with E-state index >= 15 is 0 Å². The molecule has 3 rings (SSSR count). The maximum atomic E-state index is 4.68. The second-order valence-corrected chi connectivity index (χ2v) is 5.69. The number of hydrogen-bond acceptors (Lipinski definition) is 6. The fourth-order valence-corrected chi connectivity index (χ4v) is 3.07. The third-order valence-electron chi connectivity index (χ3n) is 3.25. The number of thiazole rings is 1. The van der Waals surface area contributed by atoms with E-state index in [-0.39, 0.29) is 0 Å². The summed E-state index contributed by atoms with van der Waals surface area (Å²) in [4.78, 5) is 14.6. The first kappa shape index (κ1) is 13.1. The van der Waals surface area contributed by atoms with Crippen LogP contribution in [0, 0.1) is 0 Å². The van der Waals surface area contributed by atoms with Gasteiger partial charge in [0.25, 0.3) is 0 Å². The normalized spacial score (nSPS) is 11.3. The van der Waals surface area contributed by atoms with Gasteiger partial charge in [0.05, 0.1) is 6.33 Å². The van der Waals surface area contributed by atoms with Crippen molar-refractivity contribution in [2.24, 2.45) is 7.05 Å². The number of imidazole rings is 1. The highest BCUT2D eigenvalue weighted by Gasteiger charge is 2.15. The molecule has 3 heterocycles. The Hall–Kier alpha value is -1.89. The zero-order valence-corrected chi connectivity index (χ0v) is 12.7. The van der Waals surface area contributed by atoms with Crippen molar-refractivity contribution in [2.45, 2.75) is 19.8 Å². The van der Waals surface area contributed by atoms with Crippen LogP contribution in [-0.4, -0.2) is 33.1 Å². The number of aromatic nitrogens is 4. The number of unbranched alkanes of at least 4 members (excludes halogenated alkanes) is 1. The Kier molecular flexibility index (Phi) is 3.43. The number of hydrogen-bond donors (Lipinski definition) is 2. The lowest BCUT2D eigenvalue weighted by molar-refractivity contribution is 0.833. The standard InChI is InChI=1S/C13H18N6S/c1-4-5-6-15-13-17-9-10-8(16-7-19(10)3)11(14-2)18-12(9)20-13/h7H,4-6H2,1-3H3,(H,14,18)(H,15,17). The third kappa shape index (κ3) is 2.07. The van der Waals surface area contributed by atoms with Gasteiger partial charge in [-0.15, -0.1) is 0 Å². The zero-order valence-electron chi connectivity index (χ0n) is 11.9. The number of aryl methyl sites for hydroxylation is 1.